The lowest BCUT2D eigenvalue weighted by Gasteiger charge is -2.19. The molecule has 16 heavy (non-hydrogen) atoms. The maximum absolute atomic E-state index is 11.9. The first-order valence-electron chi connectivity index (χ1n) is 4.97. The van der Waals surface area contributed by atoms with E-state index in [1.807, 2.05) is 13.8 Å². The summed E-state index contributed by atoms with van der Waals surface area (Å²) in [6, 6.07) is 1.32. The molecule has 1 aromatic rings. The van der Waals surface area contributed by atoms with Gasteiger partial charge in [-0.15, -0.1) is 0 Å². The number of carbonyl (C=O) groups excluding carboxylic acids is 1. The number of phenolic OH excluding ortho intramolecular Hbond substituents is 2. The van der Waals surface area contributed by atoms with Gasteiger partial charge in [0.25, 0.3) is 5.91 Å². The number of carbonyl (C=O) groups is 1. The Morgan fingerprint density at radius 1 is 1.44 bits per heavy atom. The second-order valence-corrected chi connectivity index (χ2v) is 4.49. The summed E-state index contributed by atoms with van der Waals surface area (Å²) in [6.07, 6.45) is 0. The molecule has 2 N–H and O–H groups in total. The van der Waals surface area contributed by atoms with Crippen molar-refractivity contribution in [1.29, 1.82) is 0 Å². The first-order valence-corrected chi connectivity index (χ1v) is 5.35. The molecular weight excluding hydrogens is 230 g/mol. The van der Waals surface area contributed by atoms with E-state index in [0.717, 1.165) is 0 Å². The third-order valence-corrected chi connectivity index (χ3v) is 3.17. The van der Waals surface area contributed by atoms with Gasteiger partial charge in [-0.25, -0.2) is 0 Å². The summed E-state index contributed by atoms with van der Waals surface area (Å²) in [6.45, 7) is 4.17. The highest BCUT2D eigenvalue weighted by Gasteiger charge is 2.33. The summed E-state index contributed by atoms with van der Waals surface area (Å²) in [7, 11) is 0. The molecule has 0 saturated heterocycles. The van der Waals surface area contributed by atoms with E-state index < -0.39 is 0 Å². The van der Waals surface area contributed by atoms with Crippen molar-refractivity contribution in [2.24, 2.45) is 0 Å². The Morgan fingerprint density at radius 2 is 2.06 bits per heavy atom. The van der Waals surface area contributed by atoms with Crippen molar-refractivity contribution >= 4 is 17.5 Å². The normalized spacial score (nSPS) is 14.8. The van der Waals surface area contributed by atoms with Crippen LogP contribution in [-0.2, 0) is 6.54 Å². The molecule has 2 rings (SSSR count). The van der Waals surface area contributed by atoms with Crippen molar-refractivity contribution in [2.45, 2.75) is 26.4 Å². The van der Waals surface area contributed by atoms with E-state index in [1.165, 1.54) is 6.07 Å². The molecule has 5 heteroatoms. The van der Waals surface area contributed by atoms with Gasteiger partial charge in [-0.05, 0) is 19.9 Å². The van der Waals surface area contributed by atoms with Gasteiger partial charge in [-0.2, -0.15) is 0 Å². The molecule has 1 amide bonds. The predicted molar refractivity (Wildman–Crippen MR) is 59.8 cm³/mol. The van der Waals surface area contributed by atoms with Crippen LogP contribution in [0.2, 0.25) is 5.02 Å². The molecule has 0 spiro atoms. The highest BCUT2D eigenvalue weighted by atomic mass is 35.5. The summed E-state index contributed by atoms with van der Waals surface area (Å²) in [5.41, 5.74) is 0.949. The summed E-state index contributed by atoms with van der Waals surface area (Å²) in [5, 5.41) is 18.9. The number of hydrogen-bond donors (Lipinski definition) is 2. The van der Waals surface area contributed by atoms with Crippen molar-refractivity contribution in [3.05, 3.63) is 22.2 Å². The number of phenols is 2. The number of aromatic hydroxyl groups is 2. The van der Waals surface area contributed by atoms with E-state index in [9.17, 15) is 15.0 Å². The van der Waals surface area contributed by atoms with Crippen LogP contribution >= 0.6 is 11.6 Å². The number of hydrogen-bond acceptors (Lipinski definition) is 3. The van der Waals surface area contributed by atoms with Crippen LogP contribution in [0.4, 0.5) is 0 Å². The van der Waals surface area contributed by atoms with E-state index in [0.29, 0.717) is 17.7 Å². The van der Waals surface area contributed by atoms with Crippen molar-refractivity contribution in [2.75, 3.05) is 0 Å². The average molecular weight is 242 g/mol. The number of rotatable bonds is 1. The van der Waals surface area contributed by atoms with E-state index in [2.05, 4.69) is 0 Å². The zero-order valence-corrected chi connectivity index (χ0v) is 9.75. The van der Waals surface area contributed by atoms with Crippen molar-refractivity contribution in [3.63, 3.8) is 0 Å². The smallest absolute Gasteiger partial charge is 0.254 e. The molecule has 0 atom stereocenters. The Kier molecular flexibility index (Phi) is 2.46. The molecule has 0 fully saturated rings. The molecule has 1 aromatic carbocycles. The molecule has 1 aliphatic heterocycles. The molecular formula is C11H12ClNO3. The molecule has 86 valence electrons. The lowest BCUT2D eigenvalue weighted by atomic mass is 10.1. The fourth-order valence-corrected chi connectivity index (χ4v) is 2.08. The Hall–Kier alpha value is -1.42. The van der Waals surface area contributed by atoms with E-state index in [1.54, 1.807) is 4.90 Å². The van der Waals surface area contributed by atoms with Gasteiger partial charge in [-0.3, -0.25) is 4.79 Å². The van der Waals surface area contributed by atoms with Crippen LogP contribution in [0.5, 0.6) is 11.5 Å². The van der Waals surface area contributed by atoms with Crippen molar-refractivity contribution < 1.29 is 15.0 Å². The fourth-order valence-electron chi connectivity index (χ4n) is 1.83. The standard InChI is InChI=1S/C11H12ClNO3/c1-5(2)13-4-7-6(11(13)16)3-8(14)10(15)9(7)12/h3,5,14-15H,4H2,1-2H3. The lowest BCUT2D eigenvalue weighted by Crippen LogP contribution is -2.30. The summed E-state index contributed by atoms with van der Waals surface area (Å²) in [4.78, 5) is 13.6. The lowest BCUT2D eigenvalue weighted by molar-refractivity contribution is 0.0730. The van der Waals surface area contributed by atoms with Crippen LogP contribution in [0, 0.1) is 0 Å². The van der Waals surface area contributed by atoms with Crippen LogP contribution in [0.3, 0.4) is 0 Å². The average Bonchev–Trinajstić information content (AvgIpc) is 2.54. The highest BCUT2D eigenvalue weighted by molar-refractivity contribution is 6.33. The fraction of sp³-hybridized carbons (Fsp3) is 0.364. The van der Waals surface area contributed by atoms with Gasteiger partial charge >= 0.3 is 0 Å². The maximum atomic E-state index is 11.9. The summed E-state index contributed by atoms with van der Waals surface area (Å²) in [5.74, 6) is -0.885. The topological polar surface area (TPSA) is 60.8 Å². The number of amides is 1. The zero-order valence-electron chi connectivity index (χ0n) is 8.99. The third kappa shape index (κ3) is 1.41. The number of halogens is 1. The van der Waals surface area contributed by atoms with Crippen molar-refractivity contribution in [1.82, 2.24) is 4.90 Å². The molecule has 4 nitrogen and oxygen atoms in total. The largest absolute Gasteiger partial charge is 0.504 e. The second kappa shape index (κ2) is 3.56. The van der Waals surface area contributed by atoms with Crippen LogP contribution < -0.4 is 0 Å². The van der Waals surface area contributed by atoms with Crippen LogP contribution in [-0.4, -0.2) is 27.1 Å². The highest BCUT2D eigenvalue weighted by Crippen LogP contribution is 2.41. The first kappa shape index (κ1) is 11.1. The second-order valence-electron chi connectivity index (χ2n) is 4.11. The van der Waals surface area contributed by atoms with Gasteiger partial charge < -0.3 is 15.1 Å². The molecule has 0 aromatic heterocycles. The van der Waals surface area contributed by atoms with Crippen LogP contribution in [0.25, 0.3) is 0 Å². The zero-order chi connectivity index (χ0) is 12.0. The predicted octanol–water partition coefficient (Wildman–Crippen LogP) is 2.12. The number of benzene rings is 1. The summed E-state index contributed by atoms with van der Waals surface area (Å²) >= 11 is 5.89. The molecule has 0 bridgehead atoms. The SMILES string of the molecule is CC(C)N1Cc2c(cc(O)c(O)c2Cl)C1=O. The maximum Gasteiger partial charge on any atom is 0.254 e. The van der Waals surface area contributed by atoms with Gasteiger partial charge in [0.2, 0.25) is 0 Å². The first-order chi connectivity index (χ1) is 7.43. The molecule has 0 saturated carbocycles. The van der Waals surface area contributed by atoms with Crippen LogP contribution in [0.1, 0.15) is 29.8 Å². The van der Waals surface area contributed by atoms with Gasteiger partial charge in [-0.1, -0.05) is 11.6 Å². The molecule has 0 unspecified atom stereocenters. The monoisotopic (exact) mass is 241 g/mol. The van der Waals surface area contributed by atoms with Crippen LogP contribution in [0.15, 0.2) is 6.07 Å². The van der Waals surface area contributed by atoms with E-state index in [-0.39, 0.29) is 28.5 Å². The van der Waals surface area contributed by atoms with Gasteiger partial charge in [0.15, 0.2) is 11.5 Å². The minimum absolute atomic E-state index is 0.0558. The Balaban J connectivity index is 2.56. The molecule has 0 aliphatic carbocycles. The van der Waals surface area contributed by atoms with E-state index in [4.69, 9.17) is 11.6 Å². The quantitative estimate of drug-likeness (QED) is 0.741. The van der Waals surface area contributed by atoms with Crippen molar-refractivity contribution in [3.8, 4) is 11.5 Å². The van der Waals surface area contributed by atoms with Gasteiger partial charge in [0.1, 0.15) is 0 Å². The molecule has 1 heterocycles. The Labute approximate surface area is 98.1 Å². The number of fused-ring (bicyclic) bond motifs is 1. The van der Waals surface area contributed by atoms with E-state index >= 15 is 0 Å². The Morgan fingerprint density at radius 3 is 2.62 bits per heavy atom. The summed E-state index contributed by atoms with van der Waals surface area (Å²) < 4.78 is 0. The third-order valence-electron chi connectivity index (χ3n) is 2.76. The number of nitrogens with zero attached hydrogens (tertiary/aromatic N) is 1. The Bertz CT molecular complexity index is 471. The minimum atomic E-state index is -0.362. The molecule has 1 aliphatic rings. The molecule has 0 radical (unpaired) electrons. The minimum Gasteiger partial charge on any atom is -0.504 e. The van der Waals surface area contributed by atoms with Gasteiger partial charge in [0, 0.05) is 23.7 Å². The van der Waals surface area contributed by atoms with Gasteiger partial charge in [0.05, 0.1) is 5.02 Å².